The summed E-state index contributed by atoms with van der Waals surface area (Å²) in [5.41, 5.74) is 29.5. The predicted molar refractivity (Wildman–Crippen MR) is 397 cm³/mol. The number of hydrogen-bond acceptors (Lipinski definition) is 1. The number of hydrogen-bond donors (Lipinski definition) is 0. The van der Waals surface area contributed by atoms with Crippen molar-refractivity contribution in [2.45, 2.75) is 81.5 Å². The van der Waals surface area contributed by atoms with Crippen molar-refractivity contribution in [2.75, 3.05) is 4.90 Å². The number of fused-ring (bicyclic) bond motifs is 6. The van der Waals surface area contributed by atoms with Crippen molar-refractivity contribution >= 4 is 28.7 Å². The van der Waals surface area contributed by atoms with Gasteiger partial charge in [-0.2, -0.15) is 0 Å². The van der Waals surface area contributed by atoms with Gasteiger partial charge in [0.15, 0.2) is 0 Å². The molecule has 0 N–H and O–H groups in total. The van der Waals surface area contributed by atoms with Crippen LogP contribution in [0.3, 0.4) is 0 Å². The molecule has 2 heteroatoms. The fourth-order valence-corrected chi connectivity index (χ4v) is 21.2. The second-order valence-electron chi connectivity index (χ2n) is 29.3. The van der Waals surface area contributed by atoms with Crippen LogP contribution >= 0.6 is 11.6 Å². The van der Waals surface area contributed by atoms with Gasteiger partial charge >= 0.3 is 0 Å². The number of nitrogens with zero attached hydrogens (tertiary/aromatic N) is 1. The molecule has 10 aliphatic rings. The maximum absolute atomic E-state index is 6.20. The molecular weight excluding hydrogens is 1170 g/mol. The highest BCUT2D eigenvalue weighted by molar-refractivity contribution is 6.30. The standard InChI is InChI=1S/C46H39N.C28H25Cl.C19H16/c1-3-10-33(11-4-1)34-18-22-39(23-19-34)47(38-12-5-2-6-13-38)40-24-20-35(21-25-40)41-15-9-17-44-45(41)42-14-7-8-16-43(42)46(44)36-27-31-26-32(29-36)30-37(46)28-31;29-22-10-8-19(9-11-22)23-5-3-7-26-27(23)24-4-1-2-6-25(24)28(26)20-13-17-12-18(15-20)16-21(28)14-17;1-3-7-16(8-4-1)15-17-11-13-19(14-12-17)18-9-5-2-6-10-18/h1-25,31-32,36-37H,26-30H2;1-11,17-18,20-21H,12-16H2;1-14H,15H2. The van der Waals surface area contributed by atoms with Gasteiger partial charge in [0, 0.05) is 32.9 Å². The molecule has 8 fully saturated rings. The Labute approximate surface area is 567 Å². The van der Waals surface area contributed by atoms with Gasteiger partial charge in [0.25, 0.3) is 0 Å². The molecule has 22 rings (SSSR count). The van der Waals surface area contributed by atoms with Gasteiger partial charge in [-0.15, -0.1) is 0 Å². The van der Waals surface area contributed by atoms with E-state index in [1.165, 1.54) is 142 Å². The summed E-state index contributed by atoms with van der Waals surface area (Å²) < 4.78 is 0. The Bertz CT molecular complexity index is 4670. The maximum Gasteiger partial charge on any atom is 0.0462 e. The monoisotopic (exact) mass is 1250 g/mol. The van der Waals surface area contributed by atoms with Crippen molar-refractivity contribution < 1.29 is 0 Å². The summed E-state index contributed by atoms with van der Waals surface area (Å²) in [6.07, 6.45) is 15.4. The molecule has 0 aromatic heterocycles. The Morgan fingerprint density at radius 3 is 0.989 bits per heavy atom. The third-order valence-corrected chi connectivity index (χ3v) is 24.6. The van der Waals surface area contributed by atoms with E-state index in [2.05, 4.69) is 290 Å². The van der Waals surface area contributed by atoms with E-state index in [1.807, 2.05) is 18.2 Å². The summed E-state index contributed by atoms with van der Waals surface area (Å²) in [6.45, 7) is 0. The average Bonchev–Trinajstić information content (AvgIpc) is 1.56. The van der Waals surface area contributed by atoms with Gasteiger partial charge in [-0.3, -0.25) is 0 Å². The van der Waals surface area contributed by atoms with Crippen LogP contribution in [0.25, 0.3) is 66.8 Å². The summed E-state index contributed by atoms with van der Waals surface area (Å²) >= 11 is 6.20. The highest BCUT2D eigenvalue weighted by Gasteiger charge is 2.63. The summed E-state index contributed by atoms with van der Waals surface area (Å²) in [4.78, 5) is 2.37. The number of benzene rings is 12. The summed E-state index contributed by atoms with van der Waals surface area (Å²) in [5.74, 6) is 7.09. The lowest BCUT2D eigenvalue weighted by Gasteiger charge is -2.61. The fourth-order valence-electron chi connectivity index (χ4n) is 21.0. The molecule has 8 saturated carbocycles. The van der Waals surface area contributed by atoms with Crippen molar-refractivity contribution in [1.82, 2.24) is 0 Å². The highest BCUT2D eigenvalue weighted by Crippen LogP contribution is 2.72. The van der Waals surface area contributed by atoms with Crippen LogP contribution in [0.15, 0.2) is 303 Å². The first-order chi connectivity index (χ1) is 46.9. The Morgan fingerprint density at radius 1 is 0.253 bits per heavy atom. The normalized spacial score (nSPS) is 24.4. The van der Waals surface area contributed by atoms with Crippen molar-refractivity contribution in [3.8, 4) is 66.8 Å². The zero-order valence-electron chi connectivity index (χ0n) is 54.1. The van der Waals surface area contributed by atoms with Gasteiger partial charge in [0.05, 0.1) is 0 Å². The Balaban J connectivity index is 0.000000116. The lowest BCUT2D eigenvalue weighted by atomic mass is 9.43. The molecule has 0 atom stereocenters. The van der Waals surface area contributed by atoms with E-state index in [4.69, 9.17) is 11.6 Å². The molecule has 0 radical (unpaired) electrons. The first-order valence-corrected chi connectivity index (χ1v) is 35.8. The molecule has 0 amide bonds. The van der Waals surface area contributed by atoms with E-state index in [9.17, 15) is 0 Å². The molecule has 0 aliphatic heterocycles. The van der Waals surface area contributed by atoms with Gasteiger partial charge in [-0.05, 0) is 267 Å². The summed E-state index contributed by atoms with van der Waals surface area (Å²) in [5, 5.41) is 0.805. The van der Waals surface area contributed by atoms with Crippen molar-refractivity contribution in [2.24, 2.45) is 47.3 Å². The van der Waals surface area contributed by atoms with Crippen LogP contribution in [0, 0.1) is 47.3 Å². The van der Waals surface area contributed by atoms with E-state index in [0.717, 1.165) is 75.8 Å². The Hall–Kier alpha value is -9.27. The molecule has 0 unspecified atom stereocenters. The van der Waals surface area contributed by atoms with Crippen molar-refractivity contribution in [1.29, 1.82) is 0 Å². The minimum Gasteiger partial charge on any atom is -0.311 e. The predicted octanol–water partition coefficient (Wildman–Crippen LogP) is 24.9. The zero-order valence-corrected chi connectivity index (χ0v) is 54.8. The third-order valence-electron chi connectivity index (χ3n) is 24.3. The molecule has 10 aliphatic carbocycles. The van der Waals surface area contributed by atoms with Gasteiger partial charge in [0.2, 0.25) is 0 Å². The van der Waals surface area contributed by atoms with Gasteiger partial charge in [-0.25, -0.2) is 0 Å². The second kappa shape index (κ2) is 24.2. The third kappa shape index (κ3) is 10.0. The average molecular weight is 1250 g/mol. The van der Waals surface area contributed by atoms with Gasteiger partial charge in [-0.1, -0.05) is 266 Å². The van der Waals surface area contributed by atoms with E-state index in [1.54, 1.807) is 22.3 Å². The molecule has 0 saturated heterocycles. The van der Waals surface area contributed by atoms with Crippen LogP contribution in [-0.2, 0) is 17.3 Å². The van der Waals surface area contributed by atoms with Crippen molar-refractivity contribution in [3.05, 3.63) is 342 Å². The Morgan fingerprint density at radius 2 is 0.558 bits per heavy atom. The molecule has 12 aromatic rings. The van der Waals surface area contributed by atoms with E-state index >= 15 is 0 Å². The minimum atomic E-state index is 0.200. The quantitative estimate of drug-likeness (QED) is 0.139. The molecule has 0 heterocycles. The zero-order chi connectivity index (χ0) is 63.0. The van der Waals surface area contributed by atoms with Crippen LogP contribution in [0.1, 0.15) is 97.6 Å². The van der Waals surface area contributed by atoms with Crippen LogP contribution in [0.2, 0.25) is 5.02 Å². The molecule has 2 spiro atoms. The SMILES string of the molecule is Clc1ccc(-c2cccc3c2-c2ccccc2C32C3CC4CC(C3)CC2C4)cc1.c1ccc(-c2ccc(N(c3ccccc3)c3ccc(-c4cccc5c4-c4ccccc4C54C5CC6CC(C5)CC4C6)cc3)cc2)cc1.c1ccc(Cc2ccc(-c3ccccc3)cc2)cc1. The number of halogens is 1. The molecule has 464 valence electrons. The summed E-state index contributed by atoms with van der Waals surface area (Å²) in [7, 11) is 0. The van der Waals surface area contributed by atoms with Gasteiger partial charge < -0.3 is 4.90 Å². The highest BCUT2D eigenvalue weighted by atomic mass is 35.5. The lowest BCUT2D eigenvalue weighted by molar-refractivity contribution is -0.0399. The first kappa shape index (κ1) is 58.3. The minimum absolute atomic E-state index is 0.200. The van der Waals surface area contributed by atoms with E-state index < -0.39 is 0 Å². The molecule has 1 nitrogen and oxygen atoms in total. The van der Waals surface area contributed by atoms with Crippen LogP contribution in [0.5, 0.6) is 0 Å². The second-order valence-corrected chi connectivity index (χ2v) is 29.7. The smallest absolute Gasteiger partial charge is 0.0462 e. The fraction of sp³-hybridized carbons (Fsp3) is 0.226. The molecule has 8 bridgehead atoms. The van der Waals surface area contributed by atoms with Crippen LogP contribution in [0.4, 0.5) is 17.1 Å². The van der Waals surface area contributed by atoms with Crippen LogP contribution in [-0.4, -0.2) is 0 Å². The molecule has 12 aromatic carbocycles. The topological polar surface area (TPSA) is 3.24 Å². The summed E-state index contributed by atoms with van der Waals surface area (Å²) in [6, 6.07) is 111. The van der Waals surface area contributed by atoms with Gasteiger partial charge in [0.1, 0.15) is 0 Å². The number of rotatable bonds is 9. The number of para-hydroxylation sites is 1. The first-order valence-electron chi connectivity index (χ1n) is 35.5. The largest absolute Gasteiger partial charge is 0.311 e. The maximum atomic E-state index is 6.20. The van der Waals surface area contributed by atoms with Crippen molar-refractivity contribution in [3.63, 3.8) is 0 Å². The molecule has 95 heavy (non-hydrogen) atoms. The Kier molecular flexibility index (Phi) is 14.8. The van der Waals surface area contributed by atoms with Crippen LogP contribution < -0.4 is 4.90 Å². The van der Waals surface area contributed by atoms with E-state index in [-0.39, 0.29) is 10.8 Å². The van der Waals surface area contributed by atoms with E-state index in [0.29, 0.717) is 0 Å². The molecular formula is C93H80ClN. The lowest BCUT2D eigenvalue weighted by Crippen LogP contribution is -2.55. The number of anilines is 3.